The van der Waals surface area contributed by atoms with Crippen LogP contribution in [0.3, 0.4) is 0 Å². The number of aromatic nitrogens is 6. The summed E-state index contributed by atoms with van der Waals surface area (Å²) in [4.78, 5) is 4.55. The molecule has 0 saturated heterocycles. The normalized spacial score (nSPS) is 13.2. The Morgan fingerprint density at radius 3 is 2.96 bits per heavy atom. The Kier molecular flexibility index (Phi) is 3.85. The van der Waals surface area contributed by atoms with Crippen molar-refractivity contribution in [2.45, 2.75) is 32.7 Å². The maximum absolute atomic E-state index is 14.4. The standard InChI is InChI=1S/C20H20FN7/c1-12-8-18(27(2)26-12)16-10-23-20(28-11-24-25-19(16)28)22-9-15-14-5-3-4-13(14)6-7-17(15)21/h6-8,10-11H,3-5,9H2,1-2H3,(H,22,23). The molecular weight excluding hydrogens is 357 g/mol. The van der Waals surface area contributed by atoms with Gasteiger partial charge in [0, 0.05) is 25.4 Å². The topological polar surface area (TPSA) is 72.9 Å². The lowest BCUT2D eigenvalue weighted by Gasteiger charge is -2.13. The highest BCUT2D eigenvalue weighted by atomic mass is 19.1. The largest absolute Gasteiger partial charge is 0.351 e. The monoisotopic (exact) mass is 377 g/mol. The summed E-state index contributed by atoms with van der Waals surface area (Å²) in [5.41, 5.74) is 6.48. The van der Waals surface area contributed by atoms with Crippen molar-refractivity contribution in [1.82, 2.24) is 29.4 Å². The van der Waals surface area contributed by atoms with Crippen LogP contribution in [0.1, 0.15) is 28.8 Å². The van der Waals surface area contributed by atoms with Gasteiger partial charge in [0.1, 0.15) is 12.1 Å². The molecule has 0 aliphatic heterocycles. The van der Waals surface area contributed by atoms with E-state index >= 15 is 0 Å². The molecule has 3 aromatic heterocycles. The smallest absolute Gasteiger partial charge is 0.210 e. The fraction of sp³-hybridized carbons (Fsp3) is 0.300. The van der Waals surface area contributed by atoms with Gasteiger partial charge in [0.15, 0.2) is 5.65 Å². The van der Waals surface area contributed by atoms with Crippen LogP contribution < -0.4 is 5.32 Å². The maximum atomic E-state index is 14.4. The Labute approximate surface area is 161 Å². The zero-order valence-corrected chi connectivity index (χ0v) is 15.8. The molecule has 1 aromatic carbocycles. The number of rotatable bonds is 4. The fourth-order valence-electron chi connectivity index (χ4n) is 4.07. The second-order valence-corrected chi connectivity index (χ2v) is 7.19. The molecule has 0 radical (unpaired) electrons. The number of benzene rings is 1. The molecule has 5 rings (SSSR count). The number of nitrogens with one attached hydrogen (secondary N) is 1. The van der Waals surface area contributed by atoms with Crippen molar-refractivity contribution < 1.29 is 4.39 Å². The van der Waals surface area contributed by atoms with Crippen molar-refractivity contribution in [3.8, 4) is 11.3 Å². The van der Waals surface area contributed by atoms with E-state index in [9.17, 15) is 4.39 Å². The van der Waals surface area contributed by atoms with Gasteiger partial charge >= 0.3 is 0 Å². The first kappa shape index (κ1) is 16.9. The molecule has 1 aliphatic rings. The minimum Gasteiger partial charge on any atom is -0.351 e. The molecule has 0 bridgehead atoms. The van der Waals surface area contributed by atoms with Crippen molar-refractivity contribution in [2.24, 2.45) is 7.05 Å². The van der Waals surface area contributed by atoms with Crippen LogP contribution in [0.5, 0.6) is 0 Å². The van der Waals surface area contributed by atoms with E-state index in [1.165, 1.54) is 5.56 Å². The van der Waals surface area contributed by atoms with Gasteiger partial charge in [0.2, 0.25) is 5.95 Å². The molecule has 3 heterocycles. The van der Waals surface area contributed by atoms with Gasteiger partial charge in [-0.25, -0.2) is 9.37 Å². The summed E-state index contributed by atoms with van der Waals surface area (Å²) in [7, 11) is 1.89. The van der Waals surface area contributed by atoms with E-state index in [4.69, 9.17) is 0 Å². The van der Waals surface area contributed by atoms with Gasteiger partial charge in [0.05, 0.1) is 17.0 Å². The van der Waals surface area contributed by atoms with Gasteiger partial charge in [-0.1, -0.05) is 6.07 Å². The number of hydrogen-bond donors (Lipinski definition) is 1. The highest BCUT2D eigenvalue weighted by Crippen LogP contribution is 2.29. The Balaban J connectivity index is 1.50. The average Bonchev–Trinajstić information content (AvgIpc) is 3.40. The summed E-state index contributed by atoms with van der Waals surface area (Å²) in [6.07, 6.45) is 6.41. The van der Waals surface area contributed by atoms with E-state index in [1.54, 1.807) is 27.7 Å². The predicted molar refractivity (Wildman–Crippen MR) is 103 cm³/mol. The number of nitrogens with zero attached hydrogens (tertiary/aromatic N) is 6. The minimum atomic E-state index is -0.171. The van der Waals surface area contributed by atoms with E-state index in [0.717, 1.165) is 47.3 Å². The molecule has 1 aliphatic carbocycles. The first-order valence-corrected chi connectivity index (χ1v) is 9.34. The zero-order chi connectivity index (χ0) is 19.3. The molecule has 0 fully saturated rings. The molecule has 7 nitrogen and oxygen atoms in total. The third-order valence-corrected chi connectivity index (χ3v) is 5.38. The third-order valence-electron chi connectivity index (χ3n) is 5.38. The highest BCUT2D eigenvalue weighted by Gasteiger charge is 2.19. The Bertz CT molecular complexity index is 1190. The Morgan fingerprint density at radius 1 is 1.25 bits per heavy atom. The quantitative estimate of drug-likeness (QED) is 0.592. The fourth-order valence-corrected chi connectivity index (χ4v) is 4.07. The number of aryl methyl sites for hydroxylation is 3. The van der Waals surface area contributed by atoms with Gasteiger partial charge in [0.25, 0.3) is 0 Å². The van der Waals surface area contributed by atoms with Gasteiger partial charge in [-0.2, -0.15) is 5.10 Å². The van der Waals surface area contributed by atoms with Crippen LogP contribution >= 0.6 is 0 Å². The summed E-state index contributed by atoms with van der Waals surface area (Å²) in [6.45, 7) is 2.32. The van der Waals surface area contributed by atoms with Crippen LogP contribution in [0.25, 0.3) is 16.9 Å². The van der Waals surface area contributed by atoms with E-state index in [0.29, 0.717) is 18.1 Å². The molecule has 0 amide bonds. The second-order valence-electron chi connectivity index (χ2n) is 7.19. The minimum absolute atomic E-state index is 0.171. The van der Waals surface area contributed by atoms with E-state index < -0.39 is 0 Å². The summed E-state index contributed by atoms with van der Waals surface area (Å²) in [6, 6.07) is 5.46. The molecule has 0 saturated carbocycles. The number of hydrogen-bond acceptors (Lipinski definition) is 5. The first-order chi connectivity index (χ1) is 13.6. The SMILES string of the molecule is Cc1cc(-c2cnc(NCc3c(F)ccc4c3CCC4)n3cnnc23)n(C)n1. The average molecular weight is 377 g/mol. The summed E-state index contributed by atoms with van der Waals surface area (Å²) >= 11 is 0. The summed E-state index contributed by atoms with van der Waals surface area (Å²) in [5, 5.41) is 16.0. The summed E-state index contributed by atoms with van der Waals surface area (Å²) < 4.78 is 18.0. The lowest BCUT2D eigenvalue weighted by molar-refractivity contribution is 0.609. The molecule has 1 N–H and O–H groups in total. The van der Waals surface area contributed by atoms with E-state index in [1.807, 2.05) is 26.1 Å². The van der Waals surface area contributed by atoms with E-state index in [-0.39, 0.29) is 5.82 Å². The Morgan fingerprint density at radius 2 is 2.14 bits per heavy atom. The third kappa shape index (κ3) is 2.64. The lowest BCUT2D eigenvalue weighted by atomic mass is 10.0. The van der Waals surface area contributed by atoms with E-state index in [2.05, 4.69) is 25.6 Å². The van der Waals surface area contributed by atoms with Crippen LogP contribution in [-0.2, 0) is 26.4 Å². The van der Waals surface area contributed by atoms with Crippen LogP contribution in [0.2, 0.25) is 0 Å². The molecule has 0 atom stereocenters. The molecule has 28 heavy (non-hydrogen) atoms. The van der Waals surface area contributed by atoms with Gasteiger partial charge in [-0.05, 0) is 49.4 Å². The number of halogens is 1. The second kappa shape index (κ2) is 6.40. The van der Waals surface area contributed by atoms with Crippen LogP contribution in [0.15, 0.2) is 30.7 Å². The summed E-state index contributed by atoms with van der Waals surface area (Å²) in [5.74, 6) is 0.410. The van der Waals surface area contributed by atoms with Crippen LogP contribution in [0, 0.1) is 12.7 Å². The molecule has 8 heteroatoms. The van der Waals surface area contributed by atoms with Crippen LogP contribution in [0.4, 0.5) is 10.3 Å². The number of anilines is 1. The van der Waals surface area contributed by atoms with Crippen molar-refractivity contribution in [3.63, 3.8) is 0 Å². The highest BCUT2D eigenvalue weighted by molar-refractivity contribution is 5.75. The van der Waals surface area contributed by atoms with Crippen molar-refractivity contribution >= 4 is 11.6 Å². The molecule has 0 spiro atoms. The van der Waals surface area contributed by atoms with Crippen molar-refractivity contribution in [3.05, 3.63) is 58.9 Å². The zero-order valence-electron chi connectivity index (χ0n) is 15.8. The van der Waals surface area contributed by atoms with Gasteiger partial charge < -0.3 is 5.32 Å². The maximum Gasteiger partial charge on any atom is 0.210 e. The predicted octanol–water partition coefficient (Wildman–Crippen LogP) is 3.07. The van der Waals surface area contributed by atoms with Crippen molar-refractivity contribution in [1.29, 1.82) is 0 Å². The first-order valence-electron chi connectivity index (χ1n) is 9.34. The molecule has 4 aromatic rings. The molecule has 142 valence electrons. The lowest BCUT2D eigenvalue weighted by Crippen LogP contribution is -2.10. The molecular formula is C20H20FN7. The van der Waals surface area contributed by atoms with Crippen molar-refractivity contribution in [2.75, 3.05) is 5.32 Å². The van der Waals surface area contributed by atoms with Gasteiger partial charge in [-0.3, -0.25) is 9.08 Å². The number of fused-ring (bicyclic) bond motifs is 2. The van der Waals surface area contributed by atoms with Crippen LogP contribution in [-0.4, -0.2) is 29.4 Å². The van der Waals surface area contributed by atoms with Gasteiger partial charge in [-0.15, -0.1) is 10.2 Å². The Hall–Kier alpha value is -3.29. The molecule has 0 unspecified atom stereocenters.